The van der Waals surface area contributed by atoms with Gasteiger partial charge >= 0.3 is 0 Å². The SMILES string of the molecule is COCC(CNc1cnccn1)OC. The summed E-state index contributed by atoms with van der Waals surface area (Å²) in [4.78, 5) is 8.01. The molecule has 14 heavy (non-hydrogen) atoms. The normalized spacial score (nSPS) is 12.4. The van der Waals surface area contributed by atoms with E-state index in [9.17, 15) is 0 Å². The number of hydrogen-bond donors (Lipinski definition) is 1. The second-order valence-electron chi connectivity index (χ2n) is 2.78. The Kier molecular flexibility index (Phi) is 4.88. The van der Waals surface area contributed by atoms with Crippen LogP contribution in [0, 0.1) is 0 Å². The maximum absolute atomic E-state index is 5.18. The van der Waals surface area contributed by atoms with E-state index in [0.717, 1.165) is 5.82 Å². The van der Waals surface area contributed by atoms with Gasteiger partial charge in [-0.15, -0.1) is 0 Å². The van der Waals surface area contributed by atoms with Gasteiger partial charge < -0.3 is 14.8 Å². The molecule has 0 aliphatic rings. The predicted molar refractivity (Wildman–Crippen MR) is 53.2 cm³/mol. The fraction of sp³-hybridized carbons (Fsp3) is 0.556. The molecule has 0 spiro atoms. The maximum Gasteiger partial charge on any atom is 0.144 e. The van der Waals surface area contributed by atoms with E-state index in [-0.39, 0.29) is 6.10 Å². The molecule has 1 atom stereocenters. The van der Waals surface area contributed by atoms with Crippen molar-refractivity contribution >= 4 is 5.82 Å². The van der Waals surface area contributed by atoms with E-state index in [0.29, 0.717) is 13.2 Å². The summed E-state index contributed by atoms with van der Waals surface area (Å²) in [6.07, 6.45) is 4.97. The zero-order valence-corrected chi connectivity index (χ0v) is 8.43. The molecule has 1 unspecified atom stereocenters. The average molecular weight is 197 g/mol. The average Bonchev–Trinajstić information content (AvgIpc) is 2.25. The molecule has 1 N–H and O–H groups in total. The van der Waals surface area contributed by atoms with Crippen molar-refractivity contribution in [2.75, 3.05) is 32.7 Å². The zero-order chi connectivity index (χ0) is 10.2. The third-order valence-corrected chi connectivity index (χ3v) is 1.76. The molecule has 0 aromatic carbocycles. The quantitative estimate of drug-likeness (QED) is 0.721. The fourth-order valence-electron chi connectivity index (χ4n) is 1.00. The van der Waals surface area contributed by atoms with Crippen molar-refractivity contribution in [1.29, 1.82) is 0 Å². The van der Waals surface area contributed by atoms with Crippen molar-refractivity contribution in [3.8, 4) is 0 Å². The molecular weight excluding hydrogens is 182 g/mol. The van der Waals surface area contributed by atoms with Crippen LogP contribution in [0.4, 0.5) is 5.82 Å². The third-order valence-electron chi connectivity index (χ3n) is 1.76. The van der Waals surface area contributed by atoms with Crippen LogP contribution < -0.4 is 5.32 Å². The highest BCUT2D eigenvalue weighted by Gasteiger charge is 2.05. The standard InChI is InChI=1S/C9H15N3O2/c1-13-7-8(14-2)5-12-9-6-10-3-4-11-9/h3-4,6,8H,5,7H2,1-2H3,(H,11,12). The van der Waals surface area contributed by atoms with E-state index < -0.39 is 0 Å². The van der Waals surface area contributed by atoms with Crippen molar-refractivity contribution < 1.29 is 9.47 Å². The molecule has 0 amide bonds. The summed E-state index contributed by atoms with van der Waals surface area (Å²) in [5.74, 6) is 0.741. The molecule has 0 radical (unpaired) electrons. The van der Waals surface area contributed by atoms with Gasteiger partial charge in [0.2, 0.25) is 0 Å². The first-order valence-corrected chi connectivity index (χ1v) is 4.38. The molecule has 0 saturated heterocycles. The molecular formula is C9H15N3O2. The first kappa shape index (κ1) is 10.9. The van der Waals surface area contributed by atoms with Crippen molar-refractivity contribution in [2.24, 2.45) is 0 Å². The summed E-state index contributed by atoms with van der Waals surface area (Å²) in [6, 6.07) is 0. The zero-order valence-electron chi connectivity index (χ0n) is 8.43. The molecule has 1 rings (SSSR count). The predicted octanol–water partition coefficient (Wildman–Crippen LogP) is 0.550. The van der Waals surface area contributed by atoms with Crippen molar-refractivity contribution in [2.45, 2.75) is 6.10 Å². The van der Waals surface area contributed by atoms with Crippen LogP contribution in [0.1, 0.15) is 0 Å². The lowest BCUT2D eigenvalue weighted by Gasteiger charge is -2.14. The summed E-state index contributed by atoms with van der Waals surface area (Å²) in [5.41, 5.74) is 0. The van der Waals surface area contributed by atoms with Crippen LogP contribution in [0.15, 0.2) is 18.6 Å². The highest BCUT2D eigenvalue weighted by Crippen LogP contribution is 1.98. The van der Waals surface area contributed by atoms with Crippen LogP contribution in [-0.4, -0.2) is 43.4 Å². The Labute approximate surface area is 83.5 Å². The van der Waals surface area contributed by atoms with Crippen LogP contribution in [0.2, 0.25) is 0 Å². The molecule has 1 aromatic rings. The van der Waals surface area contributed by atoms with E-state index in [1.165, 1.54) is 0 Å². The Bertz CT molecular complexity index is 243. The van der Waals surface area contributed by atoms with E-state index in [4.69, 9.17) is 9.47 Å². The molecule has 0 aliphatic carbocycles. The number of rotatable bonds is 6. The van der Waals surface area contributed by atoms with Crippen LogP contribution in [0.5, 0.6) is 0 Å². The van der Waals surface area contributed by atoms with Crippen molar-refractivity contribution in [1.82, 2.24) is 9.97 Å². The summed E-state index contributed by atoms with van der Waals surface area (Å²) in [5, 5.41) is 3.10. The minimum Gasteiger partial charge on any atom is -0.382 e. The minimum atomic E-state index is 0.0296. The Morgan fingerprint density at radius 1 is 1.43 bits per heavy atom. The molecule has 0 saturated carbocycles. The van der Waals surface area contributed by atoms with E-state index >= 15 is 0 Å². The lowest BCUT2D eigenvalue weighted by atomic mass is 10.3. The summed E-state index contributed by atoms with van der Waals surface area (Å²) < 4.78 is 10.2. The number of nitrogens with one attached hydrogen (secondary N) is 1. The molecule has 1 heterocycles. The number of nitrogens with zero attached hydrogens (tertiary/aromatic N) is 2. The Morgan fingerprint density at radius 2 is 2.29 bits per heavy atom. The molecule has 78 valence electrons. The van der Waals surface area contributed by atoms with Gasteiger partial charge in [-0.3, -0.25) is 4.98 Å². The minimum absolute atomic E-state index is 0.0296. The smallest absolute Gasteiger partial charge is 0.144 e. The summed E-state index contributed by atoms with van der Waals surface area (Å²) >= 11 is 0. The monoisotopic (exact) mass is 197 g/mol. The number of ether oxygens (including phenoxy) is 2. The van der Waals surface area contributed by atoms with Gasteiger partial charge in [-0.1, -0.05) is 0 Å². The van der Waals surface area contributed by atoms with Crippen molar-refractivity contribution in [3.63, 3.8) is 0 Å². The van der Waals surface area contributed by atoms with Crippen LogP contribution in [0.25, 0.3) is 0 Å². The second kappa shape index (κ2) is 6.28. The molecule has 0 fully saturated rings. The summed E-state index contributed by atoms with van der Waals surface area (Å²) in [6.45, 7) is 1.22. The van der Waals surface area contributed by atoms with Gasteiger partial charge in [-0.05, 0) is 0 Å². The second-order valence-corrected chi connectivity index (χ2v) is 2.78. The number of aromatic nitrogens is 2. The van der Waals surface area contributed by atoms with Crippen LogP contribution in [0.3, 0.4) is 0 Å². The third kappa shape index (κ3) is 3.68. The molecule has 0 bridgehead atoms. The van der Waals surface area contributed by atoms with Crippen LogP contribution >= 0.6 is 0 Å². The van der Waals surface area contributed by atoms with Gasteiger partial charge in [0.05, 0.1) is 18.9 Å². The molecule has 1 aromatic heterocycles. The lowest BCUT2D eigenvalue weighted by molar-refractivity contribution is 0.0365. The Balaban J connectivity index is 2.32. The highest BCUT2D eigenvalue weighted by molar-refractivity contribution is 5.29. The van der Waals surface area contributed by atoms with Gasteiger partial charge in [-0.2, -0.15) is 0 Å². The van der Waals surface area contributed by atoms with Gasteiger partial charge in [0.1, 0.15) is 5.82 Å². The van der Waals surface area contributed by atoms with E-state index in [1.54, 1.807) is 32.8 Å². The lowest BCUT2D eigenvalue weighted by Crippen LogP contribution is -2.26. The Hall–Kier alpha value is -1.20. The Morgan fingerprint density at radius 3 is 2.86 bits per heavy atom. The largest absolute Gasteiger partial charge is 0.382 e. The maximum atomic E-state index is 5.18. The van der Waals surface area contributed by atoms with Gasteiger partial charge in [0, 0.05) is 33.2 Å². The number of hydrogen-bond acceptors (Lipinski definition) is 5. The van der Waals surface area contributed by atoms with Gasteiger partial charge in [-0.25, -0.2) is 4.98 Å². The van der Waals surface area contributed by atoms with Crippen molar-refractivity contribution in [3.05, 3.63) is 18.6 Å². The molecule has 0 aliphatic heterocycles. The number of anilines is 1. The summed E-state index contributed by atoms with van der Waals surface area (Å²) in [7, 11) is 3.30. The highest BCUT2D eigenvalue weighted by atomic mass is 16.5. The topological polar surface area (TPSA) is 56.3 Å². The van der Waals surface area contributed by atoms with Gasteiger partial charge in [0.25, 0.3) is 0 Å². The first-order chi connectivity index (χ1) is 6.86. The van der Waals surface area contributed by atoms with E-state index in [1.807, 2.05) is 0 Å². The first-order valence-electron chi connectivity index (χ1n) is 4.38. The van der Waals surface area contributed by atoms with Crippen LogP contribution in [-0.2, 0) is 9.47 Å². The fourth-order valence-corrected chi connectivity index (χ4v) is 1.00. The van der Waals surface area contributed by atoms with E-state index in [2.05, 4.69) is 15.3 Å². The van der Waals surface area contributed by atoms with Gasteiger partial charge in [0.15, 0.2) is 0 Å². The molecule has 5 heteroatoms. The molecule has 5 nitrogen and oxygen atoms in total. The number of methoxy groups -OCH3 is 2.